The third kappa shape index (κ3) is 5.98. The number of aliphatic carboxylic acids is 1. The summed E-state index contributed by atoms with van der Waals surface area (Å²) in [5.74, 6) is -0.427. The number of amides is 1. The van der Waals surface area contributed by atoms with Crippen LogP contribution in [0.25, 0.3) is 6.08 Å². The van der Waals surface area contributed by atoms with Crippen molar-refractivity contribution in [2.75, 3.05) is 6.54 Å². The van der Waals surface area contributed by atoms with E-state index < -0.39 is 5.97 Å². The molecule has 9 heteroatoms. The number of thiocarbonyl (C=S) groups is 1. The van der Waals surface area contributed by atoms with E-state index in [2.05, 4.69) is 0 Å². The van der Waals surface area contributed by atoms with Gasteiger partial charge in [-0.3, -0.25) is 14.5 Å². The van der Waals surface area contributed by atoms with Crippen LogP contribution in [-0.4, -0.2) is 32.7 Å². The van der Waals surface area contributed by atoms with Gasteiger partial charge in [0.15, 0.2) is 0 Å². The second-order valence-electron chi connectivity index (χ2n) is 6.42. The number of carboxylic acid groups (broad SMARTS) is 1. The monoisotopic (exact) mass is 481 g/mol. The van der Waals surface area contributed by atoms with Crippen LogP contribution in [0.3, 0.4) is 0 Å². The Morgan fingerprint density at radius 2 is 1.93 bits per heavy atom. The number of carbonyl (C=O) groups is 2. The van der Waals surface area contributed by atoms with Crippen molar-refractivity contribution < 1.29 is 19.4 Å². The van der Waals surface area contributed by atoms with Crippen LogP contribution in [0.2, 0.25) is 10.0 Å². The summed E-state index contributed by atoms with van der Waals surface area (Å²) < 4.78 is 6.20. The Hall–Kier alpha value is -2.06. The first-order valence-corrected chi connectivity index (χ1v) is 11.0. The van der Waals surface area contributed by atoms with Gasteiger partial charge in [0.05, 0.1) is 4.91 Å². The smallest absolute Gasteiger partial charge is 0.303 e. The van der Waals surface area contributed by atoms with Crippen molar-refractivity contribution in [1.29, 1.82) is 0 Å². The van der Waals surface area contributed by atoms with E-state index in [9.17, 15) is 9.59 Å². The summed E-state index contributed by atoms with van der Waals surface area (Å²) in [4.78, 5) is 25.1. The van der Waals surface area contributed by atoms with Crippen LogP contribution in [0, 0.1) is 0 Å². The Balaban J connectivity index is 1.60. The fourth-order valence-electron chi connectivity index (χ4n) is 2.69. The van der Waals surface area contributed by atoms with E-state index in [1.807, 2.05) is 30.3 Å². The summed E-state index contributed by atoms with van der Waals surface area (Å²) in [5, 5.41) is 9.86. The molecular weight excluding hydrogens is 465 g/mol. The van der Waals surface area contributed by atoms with Gasteiger partial charge >= 0.3 is 5.97 Å². The molecule has 1 N–H and O–H groups in total. The maximum atomic E-state index is 12.5. The maximum Gasteiger partial charge on any atom is 0.303 e. The van der Waals surface area contributed by atoms with Crippen molar-refractivity contribution in [2.45, 2.75) is 19.4 Å². The molecule has 2 aromatic rings. The van der Waals surface area contributed by atoms with Gasteiger partial charge in [-0.15, -0.1) is 0 Å². The van der Waals surface area contributed by atoms with E-state index in [1.54, 1.807) is 18.2 Å². The predicted octanol–water partition coefficient (Wildman–Crippen LogP) is 5.64. The van der Waals surface area contributed by atoms with Crippen molar-refractivity contribution >= 4 is 69.5 Å². The number of nitrogens with zero attached hydrogens (tertiary/aromatic N) is 1. The highest BCUT2D eigenvalue weighted by molar-refractivity contribution is 8.26. The molecule has 1 saturated heterocycles. The minimum Gasteiger partial charge on any atom is -0.489 e. The van der Waals surface area contributed by atoms with Crippen molar-refractivity contribution in [2.24, 2.45) is 0 Å². The predicted molar refractivity (Wildman–Crippen MR) is 124 cm³/mol. The van der Waals surface area contributed by atoms with Gasteiger partial charge in [-0.25, -0.2) is 0 Å². The lowest BCUT2D eigenvalue weighted by atomic mass is 10.2. The number of thioether (sulfide) groups is 1. The number of benzene rings is 2. The molecule has 1 aliphatic heterocycles. The zero-order valence-electron chi connectivity index (χ0n) is 15.6. The fourth-order valence-corrected chi connectivity index (χ4v) is 4.46. The van der Waals surface area contributed by atoms with Crippen LogP contribution in [0.15, 0.2) is 47.4 Å². The Labute approximate surface area is 193 Å². The lowest BCUT2D eigenvalue weighted by Crippen LogP contribution is -2.29. The fraction of sp³-hybridized carbons (Fsp3) is 0.190. The van der Waals surface area contributed by atoms with Crippen molar-refractivity contribution in [3.8, 4) is 5.75 Å². The summed E-state index contributed by atoms with van der Waals surface area (Å²) in [6.07, 6.45) is 2.12. The van der Waals surface area contributed by atoms with Gasteiger partial charge in [0.1, 0.15) is 16.7 Å². The molecule has 0 unspecified atom stereocenters. The van der Waals surface area contributed by atoms with Gasteiger partial charge in [-0.1, -0.05) is 65.4 Å². The summed E-state index contributed by atoms with van der Waals surface area (Å²) in [6.45, 7) is 0.610. The number of ether oxygens (including phenoxy) is 1. The molecule has 30 heavy (non-hydrogen) atoms. The number of carbonyl (C=O) groups excluding carboxylic acids is 1. The minimum absolute atomic E-state index is 0.00119. The number of carboxylic acids is 1. The molecule has 156 valence electrons. The van der Waals surface area contributed by atoms with E-state index in [4.69, 9.17) is 45.3 Å². The number of hydrogen-bond acceptors (Lipinski definition) is 5. The number of rotatable bonds is 8. The van der Waals surface area contributed by atoms with Crippen LogP contribution >= 0.6 is 47.2 Å². The summed E-state index contributed by atoms with van der Waals surface area (Å²) in [5.41, 5.74) is 1.66. The number of hydrogen-bond donors (Lipinski definition) is 1. The second kappa shape index (κ2) is 10.3. The summed E-state index contributed by atoms with van der Waals surface area (Å²) in [7, 11) is 0. The molecule has 3 rings (SSSR count). The van der Waals surface area contributed by atoms with E-state index in [-0.39, 0.29) is 12.3 Å². The highest BCUT2D eigenvalue weighted by Gasteiger charge is 2.31. The lowest BCUT2D eigenvalue weighted by Gasteiger charge is -2.13. The van der Waals surface area contributed by atoms with Crippen LogP contribution in [-0.2, 0) is 16.2 Å². The molecule has 0 radical (unpaired) electrons. The molecular formula is C21H17Cl2NO4S2. The molecule has 0 atom stereocenters. The second-order valence-corrected chi connectivity index (χ2v) is 8.94. The van der Waals surface area contributed by atoms with Gasteiger partial charge in [-0.2, -0.15) is 0 Å². The van der Waals surface area contributed by atoms with Gasteiger partial charge in [0.25, 0.3) is 5.91 Å². The summed E-state index contributed by atoms with van der Waals surface area (Å²) >= 11 is 18.5. The average Bonchev–Trinajstić information content (AvgIpc) is 2.95. The molecule has 1 fully saturated rings. The van der Waals surface area contributed by atoms with E-state index in [0.29, 0.717) is 44.6 Å². The molecule has 5 nitrogen and oxygen atoms in total. The normalized spacial score (nSPS) is 15.1. The largest absolute Gasteiger partial charge is 0.489 e. The summed E-state index contributed by atoms with van der Waals surface area (Å²) in [6, 6.07) is 12.5. The van der Waals surface area contributed by atoms with E-state index in [0.717, 1.165) is 11.1 Å². The first-order valence-electron chi connectivity index (χ1n) is 8.97. The molecule has 1 aliphatic rings. The zero-order valence-corrected chi connectivity index (χ0v) is 18.8. The SMILES string of the molecule is O=C(O)CCCN1C(=O)/C(=C/c2ccc(OCc3ccc(Cl)cc3Cl)cc2)SC1=S. The van der Waals surface area contributed by atoms with Crippen molar-refractivity contribution in [3.63, 3.8) is 0 Å². The zero-order chi connectivity index (χ0) is 21.7. The van der Waals surface area contributed by atoms with Crippen molar-refractivity contribution in [1.82, 2.24) is 4.90 Å². The molecule has 0 saturated carbocycles. The molecule has 0 aromatic heterocycles. The quantitative estimate of drug-likeness (QED) is 0.388. The maximum absolute atomic E-state index is 12.5. The molecule has 0 bridgehead atoms. The molecule has 1 heterocycles. The molecule has 0 aliphatic carbocycles. The van der Waals surface area contributed by atoms with Gasteiger partial charge in [0.2, 0.25) is 0 Å². The topological polar surface area (TPSA) is 66.8 Å². The van der Waals surface area contributed by atoms with Crippen LogP contribution in [0.4, 0.5) is 0 Å². The van der Waals surface area contributed by atoms with Crippen LogP contribution < -0.4 is 4.74 Å². The van der Waals surface area contributed by atoms with E-state index >= 15 is 0 Å². The minimum atomic E-state index is -0.892. The standard InChI is InChI=1S/C21H17Cl2NO4S2/c22-15-6-5-14(17(23)11-15)12-28-16-7-3-13(4-8-16)10-18-20(27)24(21(29)30-18)9-1-2-19(25)26/h3-8,10-11H,1-2,9,12H2,(H,25,26)/b18-10-. The Kier molecular flexibility index (Phi) is 7.77. The molecule has 2 aromatic carbocycles. The third-order valence-electron chi connectivity index (χ3n) is 4.23. The van der Waals surface area contributed by atoms with Crippen molar-refractivity contribution in [3.05, 3.63) is 68.5 Å². The van der Waals surface area contributed by atoms with Crippen LogP contribution in [0.1, 0.15) is 24.0 Å². The third-order valence-corrected chi connectivity index (χ3v) is 6.20. The Bertz CT molecular complexity index is 1010. The average molecular weight is 482 g/mol. The Morgan fingerprint density at radius 1 is 1.20 bits per heavy atom. The molecule has 0 spiro atoms. The first kappa shape index (κ1) is 22.6. The van der Waals surface area contributed by atoms with Gasteiger partial charge in [0, 0.05) is 28.6 Å². The number of halogens is 2. The first-order chi connectivity index (χ1) is 14.3. The lowest BCUT2D eigenvalue weighted by molar-refractivity contribution is -0.137. The Morgan fingerprint density at radius 3 is 2.60 bits per heavy atom. The highest BCUT2D eigenvalue weighted by atomic mass is 35.5. The highest BCUT2D eigenvalue weighted by Crippen LogP contribution is 2.33. The van der Waals surface area contributed by atoms with Crippen LogP contribution in [0.5, 0.6) is 5.75 Å². The molecule has 1 amide bonds. The van der Waals surface area contributed by atoms with E-state index in [1.165, 1.54) is 16.7 Å². The van der Waals surface area contributed by atoms with Gasteiger partial charge < -0.3 is 9.84 Å². The van der Waals surface area contributed by atoms with Gasteiger partial charge in [-0.05, 0) is 42.3 Å².